The van der Waals surface area contributed by atoms with Crippen molar-refractivity contribution in [3.05, 3.63) is 59.5 Å². The Hall–Kier alpha value is -2.29. The average Bonchev–Trinajstić information content (AvgIpc) is 2.92. The fourth-order valence-electron chi connectivity index (χ4n) is 2.89. The van der Waals surface area contributed by atoms with Gasteiger partial charge < -0.3 is 9.73 Å². The third-order valence-electron chi connectivity index (χ3n) is 4.01. The average molecular weight is 264 g/mol. The molecule has 0 radical (unpaired) electrons. The molecule has 0 saturated carbocycles. The molecule has 1 aromatic heterocycles. The summed E-state index contributed by atoms with van der Waals surface area (Å²) in [6.45, 7) is 2.95. The van der Waals surface area contributed by atoms with Crippen molar-refractivity contribution < 1.29 is 4.42 Å². The molecule has 3 aromatic rings. The Labute approximate surface area is 117 Å². The van der Waals surface area contributed by atoms with E-state index in [0.29, 0.717) is 5.92 Å². The zero-order valence-electron chi connectivity index (χ0n) is 11.4. The Kier molecular flexibility index (Phi) is 2.52. The van der Waals surface area contributed by atoms with E-state index in [9.17, 15) is 0 Å². The molecule has 100 valence electrons. The smallest absolute Gasteiger partial charge is 0.200 e. The Morgan fingerprint density at radius 3 is 2.95 bits per heavy atom. The SMILES string of the molecule is Cc1cccc2oc(C3CNc4ccccc4C3)nc12. The first kappa shape index (κ1) is 11.5. The number of para-hydroxylation sites is 2. The van der Waals surface area contributed by atoms with Crippen LogP contribution in [0.1, 0.15) is 22.9 Å². The normalized spacial score (nSPS) is 17.8. The highest BCUT2D eigenvalue weighted by atomic mass is 16.3. The Morgan fingerprint density at radius 1 is 1.15 bits per heavy atom. The van der Waals surface area contributed by atoms with Crippen molar-refractivity contribution >= 4 is 16.8 Å². The van der Waals surface area contributed by atoms with E-state index >= 15 is 0 Å². The van der Waals surface area contributed by atoms with Crippen molar-refractivity contribution in [2.24, 2.45) is 0 Å². The minimum absolute atomic E-state index is 0.302. The quantitative estimate of drug-likeness (QED) is 0.724. The van der Waals surface area contributed by atoms with Crippen LogP contribution in [-0.4, -0.2) is 11.5 Å². The van der Waals surface area contributed by atoms with Gasteiger partial charge in [-0.25, -0.2) is 4.98 Å². The Bertz CT molecular complexity index is 776. The highest BCUT2D eigenvalue weighted by Crippen LogP contribution is 2.31. The largest absolute Gasteiger partial charge is 0.440 e. The van der Waals surface area contributed by atoms with E-state index in [1.807, 2.05) is 12.1 Å². The highest BCUT2D eigenvalue weighted by Gasteiger charge is 2.24. The topological polar surface area (TPSA) is 38.1 Å². The van der Waals surface area contributed by atoms with Gasteiger partial charge in [0.2, 0.25) is 5.89 Å². The lowest BCUT2D eigenvalue weighted by atomic mass is 9.94. The van der Waals surface area contributed by atoms with E-state index in [2.05, 4.69) is 42.6 Å². The molecule has 1 N–H and O–H groups in total. The summed E-state index contributed by atoms with van der Waals surface area (Å²) in [6.07, 6.45) is 0.981. The minimum atomic E-state index is 0.302. The van der Waals surface area contributed by atoms with Crippen LogP contribution in [0.15, 0.2) is 46.9 Å². The molecule has 2 aromatic carbocycles. The van der Waals surface area contributed by atoms with Gasteiger partial charge in [0, 0.05) is 12.2 Å². The van der Waals surface area contributed by atoms with E-state index in [4.69, 9.17) is 9.40 Å². The third-order valence-corrected chi connectivity index (χ3v) is 4.01. The van der Waals surface area contributed by atoms with Crippen LogP contribution in [0.5, 0.6) is 0 Å². The maximum absolute atomic E-state index is 5.95. The second-order valence-corrected chi connectivity index (χ2v) is 5.41. The van der Waals surface area contributed by atoms with E-state index < -0.39 is 0 Å². The van der Waals surface area contributed by atoms with Gasteiger partial charge in [0.1, 0.15) is 5.52 Å². The highest BCUT2D eigenvalue weighted by molar-refractivity contribution is 5.76. The maximum Gasteiger partial charge on any atom is 0.200 e. The Morgan fingerprint density at radius 2 is 2.05 bits per heavy atom. The van der Waals surface area contributed by atoms with Crippen molar-refractivity contribution in [3.63, 3.8) is 0 Å². The number of anilines is 1. The van der Waals surface area contributed by atoms with E-state index in [1.165, 1.54) is 16.8 Å². The van der Waals surface area contributed by atoms with Crippen molar-refractivity contribution in [1.82, 2.24) is 4.98 Å². The number of nitrogens with one attached hydrogen (secondary N) is 1. The van der Waals surface area contributed by atoms with Crippen LogP contribution >= 0.6 is 0 Å². The van der Waals surface area contributed by atoms with Gasteiger partial charge >= 0.3 is 0 Å². The number of hydrogen-bond acceptors (Lipinski definition) is 3. The molecule has 4 rings (SSSR count). The van der Waals surface area contributed by atoms with Crippen molar-refractivity contribution in [3.8, 4) is 0 Å². The van der Waals surface area contributed by atoms with Gasteiger partial charge in [-0.1, -0.05) is 30.3 Å². The zero-order chi connectivity index (χ0) is 13.5. The lowest BCUT2D eigenvalue weighted by molar-refractivity contribution is 0.471. The second-order valence-electron chi connectivity index (χ2n) is 5.41. The van der Waals surface area contributed by atoms with Gasteiger partial charge in [-0.05, 0) is 36.6 Å². The molecular formula is C17H16N2O. The molecule has 1 aliphatic heterocycles. The number of fused-ring (bicyclic) bond motifs is 2. The molecule has 0 bridgehead atoms. The summed E-state index contributed by atoms with van der Waals surface area (Å²) >= 11 is 0. The first-order valence-corrected chi connectivity index (χ1v) is 6.99. The van der Waals surface area contributed by atoms with Crippen molar-refractivity contribution in [2.45, 2.75) is 19.3 Å². The summed E-state index contributed by atoms with van der Waals surface area (Å²) < 4.78 is 5.95. The van der Waals surface area contributed by atoms with Crippen LogP contribution < -0.4 is 5.32 Å². The maximum atomic E-state index is 5.95. The summed E-state index contributed by atoms with van der Waals surface area (Å²) in [5.41, 5.74) is 5.61. The standard InChI is InChI=1S/C17H16N2O/c1-11-5-4-8-15-16(11)19-17(20-15)13-9-12-6-2-3-7-14(12)18-10-13/h2-8,13,18H,9-10H2,1H3. The number of benzene rings is 2. The summed E-state index contributed by atoms with van der Waals surface area (Å²) in [7, 11) is 0. The molecule has 1 aliphatic rings. The van der Waals surface area contributed by atoms with Crippen LogP contribution in [0.2, 0.25) is 0 Å². The lowest BCUT2D eigenvalue weighted by Gasteiger charge is -2.23. The van der Waals surface area contributed by atoms with Gasteiger partial charge in [0.15, 0.2) is 5.58 Å². The minimum Gasteiger partial charge on any atom is -0.440 e. The fourth-order valence-corrected chi connectivity index (χ4v) is 2.89. The molecule has 0 aliphatic carbocycles. The number of oxazole rings is 1. The van der Waals surface area contributed by atoms with Gasteiger partial charge in [0.25, 0.3) is 0 Å². The summed E-state index contributed by atoms with van der Waals surface area (Å²) in [6, 6.07) is 14.5. The molecule has 3 heteroatoms. The first-order chi connectivity index (χ1) is 9.81. The predicted molar refractivity (Wildman–Crippen MR) is 80.1 cm³/mol. The monoisotopic (exact) mass is 264 g/mol. The predicted octanol–water partition coefficient (Wildman–Crippen LogP) is 3.89. The molecule has 2 heterocycles. The van der Waals surface area contributed by atoms with Crippen LogP contribution in [-0.2, 0) is 6.42 Å². The molecule has 1 atom stereocenters. The lowest BCUT2D eigenvalue weighted by Crippen LogP contribution is -2.21. The molecule has 3 nitrogen and oxygen atoms in total. The number of aryl methyl sites for hydroxylation is 1. The molecule has 0 amide bonds. The van der Waals surface area contributed by atoms with E-state index in [0.717, 1.165) is 30.0 Å². The zero-order valence-corrected chi connectivity index (χ0v) is 11.4. The molecule has 1 unspecified atom stereocenters. The summed E-state index contributed by atoms with van der Waals surface area (Å²) in [4.78, 5) is 4.70. The number of hydrogen-bond donors (Lipinski definition) is 1. The molecule has 0 spiro atoms. The van der Waals surface area contributed by atoms with Gasteiger partial charge in [-0.15, -0.1) is 0 Å². The van der Waals surface area contributed by atoms with Crippen LogP contribution in [0.25, 0.3) is 11.1 Å². The van der Waals surface area contributed by atoms with Gasteiger partial charge in [0.05, 0.1) is 5.92 Å². The van der Waals surface area contributed by atoms with E-state index in [1.54, 1.807) is 0 Å². The molecule has 0 fully saturated rings. The van der Waals surface area contributed by atoms with Gasteiger partial charge in [-0.2, -0.15) is 0 Å². The van der Waals surface area contributed by atoms with Crippen LogP contribution in [0.4, 0.5) is 5.69 Å². The number of aromatic nitrogens is 1. The summed E-state index contributed by atoms with van der Waals surface area (Å²) in [5, 5.41) is 3.47. The third kappa shape index (κ3) is 1.78. The molecular weight excluding hydrogens is 248 g/mol. The van der Waals surface area contributed by atoms with Crippen LogP contribution in [0, 0.1) is 6.92 Å². The second kappa shape index (κ2) is 4.37. The first-order valence-electron chi connectivity index (χ1n) is 6.99. The van der Waals surface area contributed by atoms with Gasteiger partial charge in [-0.3, -0.25) is 0 Å². The molecule has 20 heavy (non-hydrogen) atoms. The number of rotatable bonds is 1. The molecule has 0 saturated heterocycles. The summed E-state index contributed by atoms with van der Waals surface area (Å²) in [5.74, 6) is 1.15. The fraction of sp³-hybridized carbons (Fsp3) is 0.235. The van der Waals surface area contributed by atoms with Crippen molar-refractivity contribution in [2.75, 3.05) is 11.9 Å². The Balaban J connectivity index is 1.72. The van der Waals surface area contributed by atoms with Crippen molar-refractivity contribution in [1.29, 1.82) is 0 Å². The van der Waals surface area contributed by atoms with E-state index in [-0.39, 0.29) is 0 Å². The number of nitrogens with zero attached hydrogens (tertiary/aromatic N) is 1. The van der Waals surface area contributed by atoms with Crippen LogP contribution in [0.3, 0.4) is 0 Å².